The van der Waals surface area contributed by atoms with Gasteiger partial charge < -0.3 is 9.80 Å². The normalized spacial score (nSPS) is 17.5. The lowest BCUT2D eigenvalue weighted by atomic mass is 9.93. The maximum atomic E-state index is 12.6. The summed E-state index contributed by atoms with van der Waals surface area (Å²) in [7, 11) is 4.16. The molecule has 0 bridgehead atoms. The van der Waals surface area contributed by atoms with Gasteiger partial charge in [-0.3, -0.25) is 4.79 Å². The predicted molar refractivity (Wildman–Crippen MR) is 82.7 cm³/mol. The minimum absolute atomic E-state index is 0.0491. The Morgan fingerprint density at radius 3 is 2.48 bits per heavy atom. The molecule has 1 amide bonds. The third-order valence-corrected chi connectivity index (χ3v) is 4.06. The molecule has 0 aliphatic carbocycles. The van der Waals surface area contributed by atoms with Crippen molar-refractivity contribution in [2.45, 2.75) is 18.8 Å². The van der Waals surface area contributed by atoms with Gasteiger partial charge in [0.1, 0.15) is 5.92 Å². The number of likely N-dealkylation sites (tertiary alicyclic amines) is 1. The molecular formula is C17H23N3O. The molecular weight excluding hydrogens is 262 g/mol. The number of nitriles is 1. The molecule has 0 aromatic heterocycles. The Hall–Kier alpha value is -1.86. The van der Waals surface area contributed by atoms with Gasteiger partial charge in [0.15, 0.2) is 0 Å². The van der Waals surface area contributed by atoms with Gasteiger partial charge in [-0.15, -0.1) is 0 Å². The Labute approximate surface area is 127 Å². The Morgan fingerprint density at radius 2 is 1.95 bits per heavy atom. The van der Waals surface area contributed by atoms with E-state index < -0.39 is 5.92 Å². The fraction of sp³-hybridized carbons (Fsp3) is 0.529. The first-order chi connectivity index (χ1) is 10.1. The molecule has 1 aromatic carbocycles. The van der Waals surface area contributed by atoms with E-state index in [1.165, 1.54) is 0 Å². The van der Waals surface area contributed by atoms with Gasteiger partial charge in [0.05, 0.1) is 6.07 Å². The molecule has 2 rings (SSSR count). The first-order valence-corrected chi connectivity index (χ1v) is 7.50. The lowest BCUT2D eigenvalue weighted by Gasteiger charge is -2.34. The number of rotatable bonds is 4. The zero-order valence-electron chi connectivity index (χ0n) is 12.8. The van der Waals surface area contributed by atoms with Gasteiger partial charge in [-0.05, 0) is 38.4 Å². The van der Waals surface area contributed by atoms with Crippen LogP contribution in [0.4, 0.5) is 0 Å². The second-order valence-electron chi connectivity index (χ2n) is 6.00. The highest BCUT2D eigenvalue weighted by molar-refractivity contribution is 5.86. The average Bonchev–Trinajstić information content (AvgIpc) is 2.49. The molecule has 4 heteroatoms. The highest BCUT2D eigenvalue weighted by Gasteiger charge is 2.29. The molecule has 112 valence electrons. The van der Waals surface area contributed by atoms with Crippen molar-refractivity contribution in [2.24, 2.45) is 5.92 Å². The summed E-state index contributed by atoms with van der Waals surface area (Å²) in [4.78, 5) is 16.6. The average molecular weight is 285 g/mol. The molecule has 4 nitrogen and oxygen atoms in total. The second kappa shape index (κ2) is 7.24. The molecule has 1 heterocycles. The number of carbonyl (C=O) groups excluding carboxylic acids is 1. The molecule has 21 heavy (non-hydrogen) atoms. The molecule has 1 fully saturated rings. The van der Waals surface area contributed by atoms with E-state index in [9.17, 15) is 10.1 Å². The van der Waals surface area contributed by atoms with E-state index in [0.717, 1.165) is 38.0 Å². The van der Waals surface area contributed by atoms with Crippen molar-refractivity contribution >= 4 is 5.91 Å². The minimum atomic E-state index is -0.670. The topological polar surface area (TPSA) is 47.3 Å². The number of amides is 1. The summed E-state index contributed by atoms with van der Waals surface area (Å²) in [5.41, 5.74) is 0.792. The molecule has 1 saturated heterocycles. The number of piperidine rings is 1. The summed E-state index contributed by atoms with van der Waals surface area (Å²) < 4.78 is 0. The van der Waals surface area contributed by atoms with Gasteiger partial charge in [-0.2, -0.15) is 5.26 Å². The largest absolute Gasteiger partial charge is 0.341 e. The number of hydrogen-bond donors (Lipinski definition) is 0. The van der Waals surface area contributed by atoms with E-state index in [2.05, 4.69) is 25.1 Å². The summed E-state index contributed by atoms with van der Waals surface area (Å²) in [6.07, 6.45) is 2.05. The van der Waals surface area contributed by atoms with Gasteiger partial charge in [0.25, 0.3) is 0 Å². The smallest absolute Gasteiger partial charge is 0.244 e. The second-order valence-corrected chi connectivity index (χ2v) is 6.00. The van der Waals surface area contributed by atoms with Crippen molar-refractivity contribution in [2.75, 3.05) is 33.7 Å². The molecule has 0 saturated carbocycles. The van der Waals surface area contributed by atoms with Crippen molar-refractivity contribution in [1.82, 2.24) is 9.80 Å². The number of benzene rings is 1. The molecule has 1 aromatic rings. The lowest BCUT2D eigenvalue weighted by molar-refractivity contribution is -0.133. The van der Waals surface area contributed by atoms with Crippen molar-refractivity contribution in [3.05, 3.63) is 35.9 Å². The van der Waals surface area contributed by atoms with E-state index in [1.807, 2.05) is 35.2 Å². The SMILES string of the molecule is CN(C)CC1CCN(C(=O)C(C#N)c2ccccc2)CC1. The van der Waals surface area contributed by atoms with Crippen LogP contribution in [0.5, 0.6) is 0 Å². The standard InChI is InChI=1S/C17H23N3O/c1-19(2)13-14-8-10-20(11-9-14)17(21)16(12-18)15-6-4-3-5-7-15/h3-7,14,16H,8-11,13H2,1-2H3. The van der Waals surface area contributed by atoms with E-state index >= 15 is 0 Å². The van der Waals surface area contributed by atoms with Crippen LogP contribution in [0.15, 0.2) is 30.3 Å². The fourth-order valence-electron chi connectivity index (χ4n) is 2.95. The Kier molecular flexibility index (Phi) is 5.35. The molecule has 1 atom stereocenters. The fourth-order valence-corrected chi connectivity index (χ4v) is 2.95. The number of hydrogen-bond acceptors (Lipinski definition) is 3. The molecule has 1 aliphatic rings. The van der Waals surface area contributed by atoms with Gasteiger partial charge in [-0.25, -0.2) is 0 Å². The summed E-state index contributed by atoms with van der Waals surface area (Å²) in [5, 5.41) is 9.35. The summed E-state index contributed by atoms with van der Waals surface area (Å²) in [6, 6.07) is 11.5. The van der Waals surface area contributed by atoms with Gasteiger partial charge in [0.2, 0.25) is 5.91 Å². The van der Waals surface area contributed by atoms with Crippen LogP contribution in [-0.4, -0.2) is 49.4 Å². The van der Waals surface area contributed by atoms with Crippen LogP contribution in [0.2, 0.25) is 0 Å². The molecule has 0 N–H and O–H groups in total. The third kappa shape index (κ3) is 4.05. The van der Waals surface area contributed by atoms with Crippen LogP contribution in [-0.2, 0) is 4.79 Å². The van der Waals surface area contributed by atoms with Crippen LogP contribution >= 0.6 is 0 Å². The predicted octanol–water partition coefficient (Wildman–Crippen LogP) is 2.09. The van der Waals surface area contributed by atoms with Crippen molar-refractivity contribution in [3.8, 4) is 6.07 Å². The van der Waals surface area contributed by atoms with Crippen LogP contribution in [0, 0.1) is 17.2 Å². The van der Waals surface area contributed by atoms with Crippen LogP contribution < -0.4 is 0 Å². The highest BCUT2D eigenvalue weighted by atomic mass is 16.2. The van der Waals surface area contributed by atoms with Gasteiger partial charge in [0, 0.05) is 19.6 Å². The van der Waals surface area contributed by atoms with Crippen LogP contribution in [0.1, 0.15) is 24.3 Å². The van der Waals surface area contributed by atoms with E-state index in [4.69, 9.17) is 0 Å². The number of carbonyl (C=O) groups is 1. The molecule has 0 radical (unpaired) electrons. The molecule has 0 spiro atoms. The monoisotopic (exact) mass is 285 g/mol. The Bertz CT molecular complexity index is 499. The minimum Gasteiger partial charge on any atom is -0.341 e. The highest BCUT2D eigenvalue weighted by Crippen LogP contribution is 2.23. The molecule has 1 unspecified atom stereocenters. The lowest BCUT2D eigenvalue weighted by Crippen LogP contribution is -2.42. The maximum absolute atomic E-state index is 12.6. The number of nitrogens with zero attached hydrogens (tertiary/aromatic N) is 3. The molecule has 1 aliphatic heterocycles. The summed E-state index contributed by atoms with van der Waals surface area (Å²) in [6.45, 7) is 2.60. The van der Waals surface area contributed by atoms with E-state index in [0.29, 0.717) is 5.92 Å². The summed E-state index contributed by atoms with van der Waals surface area (Å²) in [5.74, 6) is -0.0649. The van der Waals surface area contributed by atoms with Crippen molar-refractivity contribution in [3.63, 3.8) is 0 Å². The Morgan fingerprint density at radius 1 is 1.33 bits per heavy atom. The van der Waals surface area contributed by atoms with Crippen molar-refractivity contribution in [1.29, 1.82) is 5.26 Å². The van der Waals surface area contributed by atoms with Gasteiger partial charge >= 0.3 is 0 Å². The first-order valence-electron chi connectivity index (χ1n) is 7.50. The third-order valence-electron chi connectivity index (χ3n) is 4.06. The zero-order valence-corrected chi connectivity index (χ0v) is 12.8. The van der Waals surface area contributed by atoms with Crippen LogP contribution in [0.3, 0.4) is 0 Å². The van der Waals surface area contributed by atoms with Gasteiger partial charge in [-0.1, -0.05) is 30.3 Å². The van der Waals surface area contributed by atoms with E-state index in [1.54, 1.807) is 0 Å². The summed E-state index contributed by atoms with van der Waals surface area (Å²) >= 11 is 0. The quantitative estimate of drug-likeness (QED) is 0.851. The van der Waals surface area contributed by atoms with Crippen molar-refractivity contribution < 1.29 is 4.79 Å². The Balaban J connectivity index is 1.96. The maximum Gasteiger partial charge on any atom is 0.244 e. The zero-order chi connectivity index (χ0) is 15.2. The van der Waals surface area contributed by atoms with E-state index in [-0.39, 0.29) is 5.91 Å². The van der Waals surface area contributed by atoms with Crippen LogP contribution in [0.25, 0.3) is 0 Å². The first kappa shape index (κ1) is 15.5.